The van der Waals surface area contributed by atoms with Crippen LogP contribution in [0.25, 0.3) is 0 Å². The average Bonchev–Trinajstić information content (AvgIpc) is 2.78. The zero-order chi connectivity index (χ0) is 20.6. The van der Waals surface area contributed by atoms with Crippen molar-refractivity contribution in [3.05, 3.63) is 57.6 Å². The summed E-state index contributed by atoms with van der Waals surface area (Å²) in [6, 6.07) is 12.7. The van der Waals surface area contributed by atoms with E-state index in [1.807, 2.05) is 6.07 Å². The summed E-state index contributed by atoms with van der Waals surface area (Å²) in [6.45, 7) is 3.02. The van der Waals surface area contributed by atoms with E-state index in [1.54, 1.807) is 0 Å². The van der Waals surface area contributed by atoms with Crippen LogP contribution in [0.3, 0.4) is 0 Å². The normalized spacial score (nSPS) is 27.1. The molecule has 0 amide bonds. The van der Waals surface area contributed by atoms with E-state index in [0.717, 1.165) is 36.4 Å². The van der Waals surface area contributed by atoms with Gasteiger partial charge in [-0.1, -0.05) is 43.2 Å². The molecule has 2 bridgehead atoms. The zero-order valence-electron chi connectivity index (χ0n) is 17.6. The number of nitrogens with two attached hydrogens (primary N) is 1. The maximum atomic E-state index is 6.42. The van der Waals surface area contributed by atoms with E-state index in [4.69, 9.17) is 10.5 Å². The molecule has 5 heteroatoms. The van der Waals surface area contributed by atoms with E-state index < -0.39 is 0 Å². The van der Waals surface area contributed by atoms with Gasteiger partial charge in [0.05, 0.1) is 5.69 Å². The Labute approximate surface area is 188 Å². The molecule has 5 rings (SSSR count). The lowest BCUT2D eigenvalue weighted by molar-refractivity contribution is 0.0343. The number of ether oxygens (including phenoxy) is 1. The number of nitrogens with one attached hydrogen (secondary N) is 2. The van der Waals surface area contributed by atoms with Crippen LogP contribution >= 0.6 is 15.9 Å². The fourth-order valence-corrected chi connectivity index (χ4v) is 6.86. The summed E-state index contributed by atoms with van der Waals surface area (Å²) < 4.78 is 7.59. The molecule has 1 saturated heterocycles. The topological polar surface area (TPSA) is 59.3 Å². The molecular weight excluding hydrogens is 438 g/mol. The third-order valence-electron chi connectivity index (χ3n) is 7.46. The van der Waals surface area contributed by atoms with Crippen molar-refractivity contribution in [2.24, 2.45) is 17.6 Å². The molecule has 2 aliphatic carbocycles. The van der Waals surface area contributed by atoms with Gasteiger partial charge in [-0.25, -0.2) is 0 Å². The monoisotopic (exact) mass is 469 g/mol. The van der Waals surface area contributed by atoms with Crippen LogP contribution in [0, 0.1) is 11.8 Å². The lowest BCUT2D eigenvalue weighted by atomic mass is 9.56. The van der Waals surface area contributed by atoms with Crippen LogP contribution in [0.1, 0.15) is 48.8 Å². The minimum Gasteiger partial charge on any atom is -0.487 e. The van der Waals surface area contributed by atoms with Crippen LogP contribution in [-0.4, -0.2) is 19.6 Å². The highest BCUT2D eigenvalue weighted by Gasteiger charge is 2.52. The Hall–Kier alpha value is -1.56. The van der Waals surface area contributed by atoms with Gasteiger partial charge >= 0.3 is 0 Å². The smallest absolute Gasteiger partial charge is 0.144 e. The standard InChI is InChI=1S/C25H32BrN3O/c26-23-19-14-18-9-12-29-25(10-5-4-8-20(18)25)21(19)15-22(24(23)28-13-11-27)30-16-17-6-2-1-3-7-17/h1-3,6-7,15,18,20,28-29H,4-5,8-14,16,27H2. The van der Waals surface area contributed by atoms with Crippen LogP contribution < -0.4 is 21.1 Å². The van der Waals surface area contributed by atoms with Crippen molar-refractivity contribution >= 4 is 21.6 Å². The fraction of sp³-hybridized carbons (Fsp3) is 0.520. The van der Waals surface area contributed by atoms with Crippen molar-refractivity contribution < 1.29 is 4.74 Å². The first-order chi connectivity index (χ1) is 14.7. The number of benzene rings is 2. The molecule has 4 nitrogen and oxygen atoms in total. The SMILES string of the molecule is NCCNc1c(OCc2ccccc2)cc2c(c1Br)CC1CCNC23CCCCC13. The molecule has 0 spiro atoms. The summed E-state index contributed by atoms with van der Waals surface area (Å²) in [5.74, 6) is 2.47. The first-order valence-electron chi connectivity index (χ1n) is 11.4. The highest BCUT2D eigenvalue weighted by molar-refractivity contribution is 9.10. The van der Waals surface area contributed by atoms with Crippen LogP contribution in [0.5, 0.6) is 5.75 Å². The molecule has 1 heterocycles. The van der Waals surface area contributed by atoms with Gasteiger partial charge in [0, 0.05) is 23.1 Å². The fourth-order valence-electron chi connectivity index (χ4n) is 6.15. The second kappa shape index (κ2) is 8.52. The average molecular weight is 470 g/mol. The minimum atomic E-state index is 0.120. The Morgan fingerprint density at radius 2 is 2.07 bits per heavy atom. The van der Waals surface area contributed by atoms with Crippen molar-refractivity contribution in [3.8, 4) is 5.75 Å². The molecule has 3 unspecified atom stereocenters. The van der Waals surface area contributed by atoms with Crippen molar-refractivity contribution in [1.82, 2.24) is 5.32 Å². The van der Waals surface area contributed by atoms with Gasteiger partial charge in [0.15, 0.2) is 0 Å². The maximum Gasteiger partial charge on any atom is 0.144 e. The Morgan fingerprint density at radius 3 is 2.90 bits per heavy atom. The lowest BCUT2D eigenvalue weighted by Crippen LogP contribution is -2.59. The summed E-state index contributed by atoms with van der Waals surface area (Å²) >= 11 is 3.98. The van der Waals surface area contributed by atoms with E-state index in [9.17, 15) is 0 Å². The minimum absolute atomic E-state index is 0.120. The molecule has 30 heavy (non-hydrogen) atoms. The summed E-state index contributed by atoms with van der Waals surface area (Å²) in [6.07, 6.45) is 7.72. The summed E-state index contributed by atoms with van der Waals surface area (Å²) in [7, 11) is 0. The number of rotatable bonds is 6. The van der Waals surface area contributed by atoms with Gasteiger partial charge < -0.3 is 21.1 Å². The van der Waals surface area contributed by atoms with Crippen LogP contribution in [0.4, 0.5) is 5.69 Å². The molecule has 3 aliphatic rings. The molecule has 1 aliphatic heterocycles. The molecule has 2 aromatic carbocycles. The summed E-state index contributed by atoms with van der Waals surface area (Å²) in [5, 5.41) is 7.53. The van der Waals surface area contributed by atoms with Gasteiger partial charge in [-0.2, -0.15) is 0 Å². The first-order valence-corrected chi connectivity index (χ1v) is 12.2. The number of anilines is 1. The molecule has 3 atom stereocenters. The Morgan fingerprint density at radius 1 is 1.20 bits per heavy atom. The van der Waals surface area contributed by atoms with Crippen molar-refractivity contribution in [2.75, 3.05) is 25.0 Å². The number of fused-ring (bicyclic) bond motifs is 1. The van der Waals surface area contributed by atoms with Crippen LogP contribution in [0.2, 0.25) is 0 Å². The van der Waals surface area contributed by atoms with E-state index in [2.05, 4.69) is 56.9 Å². The van der Waals surface area contributed by atoms with E-state index in [1.165, 1.54) is 59.7 Å². The number of hydrogen-bond donors (Lipinski definition) is 3. The van der Waals surface area contributed by atoms with Gasteiger partial charge in [-0.3, -0.25) is 0 Å². The third kappa shape index (κ3) is 3.45. The molecule has 2 aromatic rings. The molecular formula is C25H32BrN3O. The third-order valence-corrected chi connectivity index (χ3v) is 8.33. The number of piperidine rings is 1. The molecule has 0 radical (unpaired) electrons. The Balaban J connectivity index is 1.57. The maximum absolute atomic E-state index is 6.42. The van der Waals surface area contributed by atoms with Crippen molar-refractivity contribution in [1.29, 1.82) is 0 Å². The molecule has 160 valence electrons. The van der Waals surface area contributed by atoms with Gasteiger partial charge in [-0.15, -0.1) is 0 Å². The largest absolute Gasteiger partial charge is 0.487 e. The van der Waals surface area contributed by atoms with Crippen molar-refractivity contribution in [3.63, 3.8) is 0 Å². The van der Waals surface area contributed by atoms with Gasteiger partial charge in [0.25, 0.3) is 0 Å². The second-order valence-corrected chi connectivity index (χ2v) is 9.88. The van der Waals surface area contributed by atoms with E-state index in [-0.39, 0.29) is 5.54 Å². The van der Waals surface area contributed by atoms with Gasteiger partial charge in [0.1, 0.15) is 12.4 Å². The van der Waals surface area contributed by atoms with Gasteiger partial charge in [0.2, 0.25) is 0 Å². The Kier molecular flexibility index (Phi) is 5.78. The van der Waals surface area contributed by atoms with Crippen LogP contribution in [-0.2, 0) is 18.6 Å². The van der Waals surface area contributed by atoms with Crippen LogP contribution in [0.15, 0.2) is 40.9 Å². The van der Waals surface area contributed by atoms with Gasteiger partial charge in [-0.05, 0) is 82.8 Å². The van der Waals surface area contributed by atoms with E-state index >= 15 is 0 Å². The Bertz CT molecular complexity index is 899. The second-order valence-electron chi connectivity index (χ2n) is 9.08. The summed E-state index contributed by atoms with van der Waals surface area (Å²) in [4.78, 5) is 0. The number of halogens is 1. The van der Waals surface area contributed by atoms with Crippen molar-refractivity contribution in [2.45, 2.75) is 50.7 Å². The highest BCUT2D eigenvalue weighted by atomic mass is 79.9. The quantitative estimate of drug-likeness (QED) is 0.559. The molecule has 1 saturated carbocycles. The highest BCUT2D eigenvalue weighted by Crippen LogP contribution is 2.56. The zero-order valence-corrected chi connectivity index (χ0v) is 19.1. The predicted molar refractivity (Wildman–Crippen MR) is 126 cm³/mol. The van der Waals surface area contributed by atoms with E-state index in [0.29, 0.717) is 13.2 Å². The summed E-state index contributed by atoms with van der Waals surface area (Å²) in [5.41, 5.74) is 11.1. The molecule has 4 N–H and O–H groups in total. The number of hydrogen-bond acceptors (Lipinski definition) is 4. The molecule has 0 aromatic heterocycles. The molecule has 2 fully saturated rings. The lowest BCUT2D eigenvalue weighted by Gasteiger charge is -2.56. The first kappa shape index (κ1) is 20.3. The predicted octanol–water partition coefficient (Wildman–Crippen LogP) is 4.95.